The lowest BCUT2D eigenvalue weighted by Gasteiger charge is -2.18. The van der Waals surface area contributed by atoms with Gasteiger partial charge in [0.05, 0.1) is 12.0 Å². The number of hydrogen-bond acceptors (Lipinski definition) is 4. The van der Waals surface area contributed by atoms with E-state index >= 15 is 0 Å². The van der Waals surface area contributed by atoms with Gasteiger partial charge in [-0.05, 0) is 42.8 Å². The molecule has 6 nitrogen and oxygen atoms in total. The third kappa shape index (κ3) is 2.51. The molecule has 2 atom stereocenters. The molecule has 1 N–H and O–H groups in total. The Bertz CT molecular complexity index is 641. The molecule has 2 aromatic rings. The van der Waals surface area contributed by atoms with Crippen molar-refractivity contribution in [1.29, 1.82) is 0 Å². The van der Waals surface area contributed by atoms with Gasteiger partial charge in [0.15, 0.2) is 5.82 Å². The van der Waals surface area contributed by atoms with E-state index in [9.17, 15) is 4.79 Å². The Kier molecular flexibility index (Phi) is 4.04. The minimum absolute atomic E-state index is 0.365. The van der Waals surface area contributed by atoms with Gasteiger partial charge in [-0.2, -0.15) is 0 Å². The van der Waals surface area contributed by atoms with E-state index < -0.39 is 11.9 Å². The van der Waals surface area contributed by atoms with E-state index in [1.165, 1.54) is 4.68 Å². The van der Waals surface area contributed by atoms with Gasteiger partial charge in [0.1, 0.15) is 0 Å². The molecule has 2 rings (SSSR count). The summed E-state index contributed by atoms with van der Waals surface area (Å²) in [4.78, 5) is 11.1. The largest absolute Gasteiger partial charge is 0.481 e. The molecular weight excluding hydrogens is 280 g/mol. The Labute approximate surface area is 121 Å². The molecule has 0 fully saturated rings. The number of carbonyl (C=O) groups is 1. The standard InChI is InChI=1S/C13H15ClN4O2/c1-7(13(19)20)9(3)18-12(15-16-17-18)10-5-4-6-11(14)8(10)2/h4-7,9H,1-3H3,(H,19,20). The lowest BCUT2D eigenvalue weighted by atomic mass is 10.0. The van der Waals surface area contributed by atoms with E-state index in [-0.39, 0.29) is 6.04 Å². The Hall–Kier alpha value is -1.95. The highest BCUT2D eigenvalue weighted by Crippen LogP contribution is 2.29. The second-order valence-corrected chi connectivity index (χ2v) is 5.13. The Morgan fingerprint density at radius 2 is 2.10 bits per heavy atom. The maximum Gasteiger partial charge on any atom is 0.308 e. The van der Waals surface area contributed by atoms with Crippen molar-refractivity contribution < 1.29 is 9.90 Å². The van der Waals surface area contributed by atoms with Crippen LogP contribution >= 0.6 is 11.6 Å². The summed E-state index contributed by atoms with van der Waals surface area (Å²) in [6.07, 6.45) is 0. The van der Waals surface area contributed by atoms with Gasteiger partial charge >= 0.3 is 5.97 Å². The predicted molar refractivity (Wildman–Crippen MR) is 74.5 cm³/mol. The number of tetrazole rings is 1. The van der Waals surface area contributed by atoms with E-state index in [2.05, 4.69) is 15.5 Å². The van der Waals surface area contributed by atoms with E-state index in [0.29, 0.717) is 10.8 Å². The van der Waals surface area contributed by atoms with Crippen molar-refractivity contribution in [2.24, 2.45) is 5.92 Å². The molecule has 1 aromatic heterocycles. The average Bonchev–Trinajstić information content (AvgIpc) is 2.89. The first-order chi connectivity index (χ1) is 9.43. The average molecular weight is 295 g/mol. The summed E-state index contributed by atoms with van der Waals surface area (Å²) in [5, 5.41) is 21.3. The van der Waals surface area contributed by atoms with Crippen LogP contribution in [0.3, 0.4) is 0 Å². The minimum atomic E-state index is -0.887. The zero-order valence-corrected chi connectivity index (χ0v) is 12.2. The first-order valence-electron chi connectivity index (χ1n) is 6.19. The summed E-state index contributed by atoms with van der Waals surface area (Å²) in [6.45, 7) is 5.28. The number of nitrogens with zero attached hydrogens (tertiary/aromatic N) is 4. The van der Waals surface area contributed by atoms with E-state index in [1.54, 1.807) is 19.9 Å². The number of aromatic nitrogens is 4. The van der Waals surface area contributed by atoms with Crippen LogP contribution in [0.5, 0.6) is 0 Å². The first kappa shape index (κ1) is 14.5. The number of carboxylic acid groups (broad SMARTS) is 1. The third-order valence-electron chi connectivity index (χ3n) is 3.50. The Balaban J connectivity index is 2.48. The van der Waals surface area contributed by atoms with Crippen molar-refractivity contribution in [3.63, 3.8) is 0 Å². The Morgan fingerprint density at radius 3 is 2.75 bits per heavy atom. The number of rotatable bonds is 4. The highest BCUT2D eigenvalue weighted by atomic mass is 35.5. The molecule has 0 bridgehead atoms. The lowest BCUT2D eigenvalue weighted by Crippen LogP contribution is -2.23. The highest BCUT2D eigenvalue weighted by Gasteiger charge is 2.25. The molecule has 20 heavy (non-hydrogen) atoms. The molecule has 7 heteroatoms. The molecular formula is C13H15ClN4O2. The molecule has 1 heterocycles. The number of hydrogen-bond donors (Lipinski definition) is 1. The summed E-state index contributed by atoms with van der Waals surface area (Å²) in [6, 6.07) is 5.10. The van der Waals surface area contributed by atoms with E-state index in [1.807, 2.05) is 19.1 Å². The number of halogens is 1. The summed E-state index contributed by atoms with van der Waals surface area (Å²) in [5.74, 6) is -0.968. The summed E-state index contributed by atoms with van der Waals surface area (Å²) < 4.78 is 1.53. The van der Waals surface area contributed by atoms with Crippen LogP contribution in [0.1, 0.15) is 25.5 Å². The van der Waals surface area contributed by atoms with Crippen LogP contribution in [0.15, 0.2) is 18.2 Å². The predicted octanol–water partition coefficient (Wildman–Crippen LogP) is 2.58. The molecule has 0 saturated carbocycles. The van der Waals surface area contributed by atoms with Gasteiger partial charge in [0, 0.05) is 10.6 Å². The fourth-order valence-electron chi connectivity index (χ4n) is 1.91. The normalized spacial score (nSPS) is 14.0. The molecule has 0 radical (unpaired) electrons. The Morgan fingerprint density at radius 1 is 1.40 bits per heavy atom. The molecule has 1 aromatic carbocycles. The molecule has 0 saturated heterocycles. The van der Waals surface area contributed by atoms with E-state index in [0.717, 1.165) is 11.1 Å². The molecule has 0 aliphatic carbocycles. The molecule has 0 amide bonds. The number of carboxylic acids is 1. The van der Waals surface area contributed by atoms with Crippen molar-refractivity contribution in [2.45, 2.75) is 26.8 Å². The zero-order chi connectivity index (χ0) is 14.9. The zero-order valence-electron chi connectivity index (χ0n) is 11.4. The van der Waals surface area contributed by atoms with Gasteiger partial charge in [0.2, 0.25) is 0 Å². The quantitative estimate of drug-likeness (QED) is 0.937. The fraction of sp³-hybridized carbons (Fsp3) is 0.385. The topological polar surface area (TPSA) is 80.9 Å². The van der Waals surface area contributed by atoms with Gasteiger partial charge in [-0.1, -0.05) is 23.7 Å². The van der Waals surface area contributed by atoms with Gasteiger partial charge in [-0.3, -0.25) is 4.79 Å². The first-order valence-corrected chi connectivity index (χ1v) is 6.57. The molecule has 0 aliphatic rings. The van der Waals surface area contributed by atoms with Crippen molar-refractivity contribution in [2.75, 3.05) is 0 Å². The minimum Gasteiger partial charge on any atom is -0.481 e. The second-order valence-electron chi connectivity index (χ2n) is 4.73. The molecule has 0 spiro atoms. The SMILES string of the molecule is Cc1c(Cl)cccc1-c1nnnn1C(C)C(C)C(=O)O. The van der Waals surface area contributed by atoms with Crippen molar-refractivity contribution in [3.8, 4) is 11.4 Å². The summed E-state index contributed by atoms with van der Waals surface area (Å²) in [5.41, 5.74) is 1.66. The van der Waals surface area contributed by atoms with Crippen LogP contribution in [0.25, 0.3) is 11.4 Å². The summed E-state index contributed by atoms with van der Waals surface area (Å²) >= 11 is 6.10. The van der Waals surface area contributed by atoms with Crippen LogP contribution < -0.4 is 0 Å². The second kappa shape index (κ2) is 5.58. The van der Waals surface area contributed by atoms with Crippen molar-refractivity contribution in [3.05, 3.63) is 28.8 Å². The van der Waals surface area contributed by atoms with Crippen LogP contribution in [-0.2, 0) is 4.79 Å². The van der Waals surface area contributed by atoms with Crippen LogP contribution in [0, 0.1) is 12.8 Å². The molecule has 2 unspecified atom stereocenters. The maximum atomic E-state index is 11.1. The van der Waals surface area contributed by atoms with Crippen molar-refractivity contribution >= 4 is 17.6 Å². The molecule has 0 aliphatic heterocycles. The van der Waals surface area contributed by atoms with Crippen LogP contribution in [0.4, 0.5) is 0 Å². The van der Waals surface area contributed by atoms with Crippen molar-refractivity contribution in [1.82, 2.24) is 20.2 Å². The lowest BCUT2D eigenvalue weighted by molar-refractivity contribution is -0.142. The van der Waals surface area contributed by atoms with Gasteiger partial charge in [-0.15, -0.1) is 5.10 Å². The van der Waals surface area contributed by atoms with Gasteiger partial charge in [-0.25, -0.2) is 4.68 Å². The van der Waals surface area contributed by atoms with Gasteiger partial charge in [0.25, 0.3) is 0 Å². The van der Waals surface area contributed by atoms with Gasteiger partial charge < -0.3 is 5.11 Å². The molecule has 106 valence electrons. The number of benzene rings is 1. The summed E-state index contributed by atoms with van der Waals surface area (Å²) in [7, 11) is 0. The van der Waals surface area contributed by atoms with Crippen LogP contribution in [-0.4, -0.2) is 31.3 Å². The van der Waals surface area contributed by atoms with Crippen LogP contribution in [0.2, 0.25) is 5.02 Å². The number of aliphatic carboxylic acids is 1. The third-order valence-corrected chi connectivity index (χ3v) is 3.91. The monoisotopic (exact) mass is 294 g/mol. The van der Waals surface area contributed by atoms with E-state index in [4.69, 9.17) is 16.7 Å². The highest BCUT2D eigenvalue weighted by molar-refractivity contribution is 6.31. The maximum absolute atomic E-state index is 11.1. The smallest absolute Gasteiger partial charge is 0.308 e. The fourth-order valence-corrected chi connectivity index (χ4v) is 2.09.